The van der Waals surface area contributed by atoms with Gasteiger partial charge < -0.3 is 15.3 Å². The van der Waals surface area contributed by atoms with Crippen LogP contribution in [0.5, 0.6) is 0 Å². The molecule has 1 unspecified atom stereocenters. The highest BCUT2D eigenvalue weighted by Crippen LogP contribution is 2.39. The number of aliphatic hydroxyl groups excluding tert-OH is 1. The van der Waals surface area contributed by atoms with E-state index in [0.29, 0.717) is 25.2 Å². The lowest BCUT2D eigenvalue weighted by atomic mass is 10.1. The molecule has 2 aliphatic rings. The number of aliphatic hydroxyl groups is 1. The molecule has 2 aliphatic heterocycles. The maximum Gasteiger partial charge on any atom is 0.410 e. The highest BCUT2D eigenvalue weighted by Gasteiger charge is 2.42. The number of pyridine rings is 2. The molecule has 3 N–H and O–H groups in total. The van der Waals surface area contributed by atoms with E-state index >= 15 is 0 Å². The first-order chi connectivity index (χ1) is 15.2. The third-order valence-corrected chi connectivity index (χ3v) is 5.25. The zero-order chi connectivity index (χ0) is 23.0. The Bertz CT molecular complexity index is 1030. The van der Waals surface area contributed by atoms with Gasteiger partial charge >= 0.3 is 12.2 Å². The molecule has 0 spiro atoms. The van der Waals surface area contributed by atoms with Crippen LogP contribution in [0.15, 0.2) is 30.5 Å². The first-order valence-corrected chi connectivity index (χ1v) is 9.63. The van der Waals surface area contributed by atoms with E-state index in [1.165, 1.54) is 23.1 Å². The van der Waals surface area contributed by atoms with Crippen LogP contribution in [0.25, 0.3) is 0 Å². The fourth-order valence-corrected chi connectivity index (χ4v) is 3.68. The summed E-state index contributed by atoms with van der Waals surface area (Å²) >= 11 is 0. The second-order valence-electron chi connectivity index (χ2n) is 7.34. The number of halogens is 4. The van der Waals surface area contributed by atoms with Crippen LogP contribution in [0.3, 0.4) is 0 Å². The smallest absolute Gasteiger partial charge is 0.394 e. The van der Waals surface area contributed by atoms with Gasteiger partial charge in [0.2, 0.25) is 0 Å². The third-order valence-electron chi connectivity index (χ3n) is 5.25. The van der Waals surface area contributed by atoms with Gasteiger partial charge in [0.15, 0.2) is 5.82 Å². The van der Waals surface area contributed by atoms with E-state index in [0.717, 1.165) is 12.3 Å². The van der Waals surface area contributed by atoms with E-state index in [1.807, 2.05) is 4.90 Å². The van der Waals surface area contributed by atoms with E-state index < -0.39 is 36.6 Å². The highest BCUT2D eigenvalue weighted by atomic mass is 19.4. The van der Waals surface area contributed by atoms with Gasteiger partial charge in [0.05, 0.1) is 24.5 Å². The number of urea groups is 1. The van der Waals surface area contributed by atoms with Gasteiger partial charge in [0.1, 0.15) is 23.4 Å². The molecule has 32 heavy (non-hydrogen) atoms. The lowest BCUT2D eigenvalue weighted by molar-refractivity contribution is -0.161. The number of alkyl halides is 3. The van der Waals surface area contributed by atoms with Crippen molar-refractivity contribution in [2.75, 3.05) is 34.8 Å². The van der Waals surface area contributed by atoms with E-state index in [1.54, 1.807) is 5.32 Å². The maximum absolute atomic E-state index is 13.1. The summed E-state index contributed by atoms with van der Waals surface area (Å²) in [6.45, 7) is -0.176. The van der Waals surface area contributed by atoms with Gasteiger partial charge in [-0.3, -0.25) is 15.0 Å². The molecule has 13 heteroatoms. The topological polar surface area (TPSA) is 111 Å². The van der Waals surface area contributed by atoms with Crippen molar-refractivity contribution in [2.24, 2.45) is 0 Å². The summed E-state index contributed by atoms with van der Waals surface area (Å²) in [6, 6.07) is 1.83. The maximum atomic E-state index is 13.1. The zero-order valence-corrected chi connectivity index (χ0v) is 16.4. The molecule has 1 fully saturated rings. The number of rotatable bonds is 4. The Morgan fingerprint density at radius 3 is 2.69 bits per heavy atom. The van der Waals surface area contributed by atoms with Crippen molar-refractivity contribution in [1.82, 2.24) is 15.3 Å². The highest BCUT2D eigenvalue weighted by molar-refractivity contribution is 6.05. The van der Waals surface area contributed by atoms with Crippen LogP contribution in [-0.2, 0) is 0 Å². The normalized spacial score (nSPS) is 18.2. The van der Waals surface area contributed by atoms with Crippen molar-refractivity contribution in [3.63, 3.8) is 0 Å². The first-order valence-electron chi connectivity index (χ1n) is 9.63. The summed E-state index contributed by atoms with van der Waals surface area (Å²) in [5.74, 6) is -1.51. The van der Waals surface area contributed by atoms with Crippen molar-refractivity contribution in [2.45, 2.75) is 24.7 Å². The van der Waals surface area contributed by atoms with Crippen LogP contribution in [0.4, 0.5) is 39.7 Å². The number of hydrogen-bond donors (Lipinski definition) is 3. The van der Waals surface area contributed by atoms with Crippen LogP contribution >= 0.6 is 0 Å². The average molecular weight is 454 g/mol. The van der Waals surface area contributed by atoms with Gasteiger partial charge in [-0.25, -0.2) is 19.2 Å². The monoisotopic (exact) mass is 454 g/mol. The predicted octanol–water partition coefficient (Wildman–Crippen LogP) is 1.90. The fourth-order valence-electron chi connectivity index (χ4n) is 3.68. The number of fused-ring (bicyclic) bond motifs is 4. The van der Waals surface area contributed by atoms with Crippen LogP contribution in [0.1, 0.15) is 16.9 Å². The summed E-state index contributed by atoms with van der Waals surface area (Å²) < 4.78 is 51.7. The molecule has 0 saturated carbocycles. The van der Waals surface area contributed by atoms with E-state index in [-0.39, 0.29) is 23.4 Å². The lowest BCUT2D eigenvalue weighted by Crippen LogP contribution is -2.49. The number of carbonyl (C=O) groups excluding carboxylic acids is 2. The molecule has 4 heterocycles. The molecule has 2 aromatic heterocycles. The standard InChI is InChI=1S/C19H18F4N6O3/c20-10-1-4-15(24-7-10)27-18(32)29-11-5-6-28(8-11)13-3-2-12(25-16(13)29)17(31)26-14(9-30)19(21,22)23/h1-4,7,11,14,30H,5-6,8-9H2,(H,26,31)(H,24,27,32)/t11-,14?/m0/s1. The summed E-state index contributed by atoms with van der Waals surface area (Å²) in [7, 11) is 0. The predicted molar refractivity (Wildman–Crippen MR) is 105 cm³/mol. The Morgan fingerprint density at radius 2 is 2.03 bits per heavy atom. The Kier molecular flexibility index (Phi) is 5.59. The lowest BCUT2D eigenvalue weighted by Gasteiger charge is -2.35. The Morgan fingerprint density at radius 1 is 1.25 bits per heavy atom. The molecule has 2 bridgehead atoms. The molecule has 0 aliphatic carbocycles. The van der Waals surface area contributed by atoms with E-state index in [9.17, 15) is 27.2 Å². The molecular weight excluding hydrogens is 436 g/mol. The van der Waals surface area contributed by atoms with Crippen LogP contribution in [-0.4, -0.2) is 65.0 Å². The fraction of sp³-hybridized carbons (Fsp3) is 0.368. The average Bonchev–Trinajstić information content (AvgIpc) is 3.16. The van der Waals surface area contributed by atoms with Crippen molar-refractivity contribution < 1.29 is 32.3 Å². The van der Waals surface area contributed by atoms with E-state index in [4.69, 9.17) is 5.11 Å². The minimum atomic E-state index is -4.84. The molecule has 2 aromatic rings. The minimum absolute atomic E-state index is 0.100. The summed E-state index contributed by atoms with van der Waals surface area (Å²) in [4.78, 5) is 36.6. The number of aromatic nitrogens is 2. The molecule has 4 rings (SSSR count). The number of anilines is 3. The second kappa shape index (κ2) is 8.22. The number of carbonyl (C=O) groups is 2. The van der Waals surface area contributed by atoms with Gasteiger partial charge in [-0.15, -0.1) is 0 Å². The van der Waals surface area contributed by atoms with Crippen molar-refractivity contribution in [3.8, 4) is 0 Å². The molecule has 2 atom stereocenters. The molecule has 0 aromatic carbocycles. The first kappa shape index (κ1) is 21.7. The van der Waals surface area contributed by atoms with Gasteiger partial charge in [-0.1, -0.05) is 0 Å². The zero-order valence-electron chi connectivity index (χ0n) is 16.4. The van der Waals surface area contributed by atoms with Crippen LogP contribution in [0, 0.1) is 5.82 Å². The van der Waals surface area contributed by atoms with Crippen LogP contribution in [0.2, 0.25) is 0 Å². The second-order valence-corrected chi connectivity index (χ2v) is 7.34. The van der Waals surface area contributed by atoms with Gasteiger partial charge in [-0.05, 0) is 30.7 Å². The molecule has 9 nitrogen and oxygen atoms in total. The van der Waals surface area contributed by atoms with Gasteiger partial charge in [0.25, 0.3) is 5.91 Å². The number of hydrogen-bond acceptors (Lipinski definition) is 6. The van der Waals surface area contributed by atoms with E-state index in [2.05, 4.69) is 15.3 Å². The van der Waals surface area contributed by atoms with Crippen LogP contribution < -0.4 is 20.4 Å². The molecule has 170 valence electrons. The SMILES string of the molecule is O=C(NC(CO)C(F)(F)F)c1ccc2c(n1)N(C(=O)Nc1ccc(F)cn1)[C@H]1CCN2C1. The molecule has 0 radical (unpaired) electrons. The van der Waals surface area contributed by atoms with Crippen molar-refractivity contribution in [1.29, 1.82) is 0 Å². The minimum Gasteiger partial charge on any atom is -0.394 e. The van der Waals surface area contributed by atoms with Gasteiger partial charge in [0, 0.05) is 13.1 Å². The number of nitrogens with zero attached hydrogens (tertiary/aromatic N) is 4. The third kappa shape index (κ3) is 4.15. The Balaban J connectivity index is 1.62. The van der Waals surface area contributed by atoms with Gasteiger partial charge in [-0.2, -0.15) is 13.2 Å². The number of amides is 3. The Hall–Kier alpha value is -3.48. The van der Waals surface area contributed by atoms with Crippen molar-refractivity contribution in [3.05, 3.63) is 42.0 Å². The quantitative estimate of drug-likeness (QED) is 0.609. The molecular formula is C19H18F4N6O3. The number of nitrogens with one attached hydrogen (secondary N) is 2. The summed E-state index contributed by atoms with van der Waals surface area (Å²) in [6.07, 6.45) is -3.28. The largest absolute Gasteiger partial charge is 0.410 e. The Labute approximate surface area is 179 Å². The summed E-state index contributed by atoms with van der Waals surface area (Å²) in [5.41, 5.74) is 0.207. The molecule has 1 saturated heterocycles. The van der Waals surface area contributed by atoms with Crippen molar-refractivity contribution >= 4 is 29.3 Å². The molecule has 3 amide bonds. The summed E-state index contributed by atoms with van der Waals surface area (Å²) in [5, 5.41) is 13.2.